The molecule has 6 nitrogen and oxygen atoms in total. The van der Waals surface area contributed by atoms with Gasteiger partial charge in [0.25, 0.3) is 0 Å². The zero-order chi connectivity index (χ0) is 50.2. The van der Waals surface area contributed by atoms with Crippen LogP contribution in [-0.4, -0.2) is 57.3 Å². The van der Waals surface area contributed by atoms with Crippen LogP contribution in [0.15, 0.2) is 0 Å². The Morgan fingerprint density at radius 1 is 0.304 bits per heavy atom. The molecule has 0 heterocycles. The quantitative estimate of drug-likeness (QED) is 0.0390. The third kappa shape index (κ3) is 52.0. The minimum absolute atomic E-state index is 0.377. The van der Waals surface area contributed by atoms with E-state index in [0.29, 0.717) is 12.8 Å². The second-order valence-corrected chi connectivity index (χ2v) is 22.5. The van der Waals surface area contributed by atoms with Gasteiger partial charge in [0.15, 0.2) is 0 Å². The third-order valence-electron chi connectivity index (χ3n) is 15.6. The first-order valence-electron chi connectivity index (χ1n) is 31.9. The molecule has 0 saturated heterocycles. The molecule has 6 heteroatoms. The molecule has 0 saturated carbocycles. The highest BCUT2D eigenvalue weighted by molar-refractivity contribution is 5.80. The first-order chi connectivity index (χ1) is 34.0. The number of hydrogen-bond acceptors (Lipinski definition) is 5. The predicted octanol–water partition coefficient (Wildman–Crippen LogP) is 19.0. The summed E-state index contributed by atoms with van der Waals surface area (Å²) in [7, 11) is 0. The van der Waals surface area contributed by atoms with Crippen LogP contribution < -0.4 is 5.32 Å². The number of aliphatic hydroxyl groups is 4. The Labute approximate surface area is 432 Å². The van der Waals surface area contributed by atoms with E-state index in [1.165, 1.54) is 302 Å². The van der Waals surface area contributed by atoms with Crippen molar-refractivity contribution in [3.63, 3.8) is 0 Å². The summed E-state index contributed by atoms with van der Waals surface area (Å²) >= 11 is 0. The SMILES string of the molecule is CCCCCCCCCCCCCCCCCCCCCCCCCCCCCCCCC(O)C(=O)NC(CO)C(O)C(O)CCCCCCCCCCCCCCCCCCCCCCCCC. The van der Waals surface area contributed by atoms with Crippen LogP contribution in [0.5, 0.6) is 0 Å². The molecule has 0 aliphatic heterocycles. The Kier molecular flexibility index (Phi) is 57.6. The van der Waals surface area contributed by atoms with Crippen LogP contribution in [0.4, 0.5) is 0 Å². The standard InChI is InChI=1S/C63H127NO5/c1-3-5-7-9-11-13-15-17-19-21-23-25-27-28-29-30-31-32-33-35-37-39-41-43-45-47-49-51-53-55-57-61(67)63(69)64-59(58-65)62(68)60(66)56-54-52-50-48-46-44-42-40-38-36-34-26-24-22-20-18-16-14-12-10-8-6-4-2/h59-62,65-68H,3-58H2,1-2H3,(H,64,69). The molecule has 1 amide bonds. The Balaban J connectivity index is 3.53. The maximum absolute atomic E-state index is 12.6. The summed E-state index contributed by atoms with van der Waals surface area (Å²) in [4.78, 5) is 12.6. The fourth-order valence-electron chi connectivity index (χ4n) is 10.6. The van der Waals surface area contributed by atoms with E-state index in [4.69, 9.17) is 0 Å². The number of carbonyl (C=O) groups excluding carboxylic acids is 1. The molecule has 0 fully saturated rings. The zero-order valence-corrected chi connectivity index (χ0v) is 47.1. The molecule has 0 bridgehead atoms. The van der Waals surface area contributed by atoms with Gasteiger partial charge < -0.3 is 25.7 Å². The minimum Gasteiger partial charge on any atom is -0.394 e. The van der Waals surface area contributed by atoms with Gasteiger partial charge in [-0.15, -0.1) is 0 Å². The maximum Gasteiger partial charge on any atom is 0.249 e. The van der Waals surface area contributed by atoms with E-state index in [1.807, 2.05) is 0 Å². The average molecular weight is 979 g/mol. The third-order valence-corrected chi connectivity index (χ3v) is 15.6. The van der Waals surface area contributed by atoms with E-state index in [0.717, 1.165) is 38.5 Å². The highest BCUT2D eigenvalue weighted by atomic mass is 16.3. The molecular weight excluding hydrogens is 851 g/mol. The molecule has 0 spiro atoms. The van der Waals surface area contributed by atoms with Gasteiger partial charge in [-0.2, -0.15) is 0 Å². The summed E-state index contributed by atoms with van der Waals surface area (Å²) in [6.45, 7) is 4.11. The van der Waals surface area contributed by atoms with Gasteiger partial charge >= 0.3 is 0 Å². The second-order valence-electron chi connectivity index (χ2n) is 22.5. The average Bonchev–Trinajstić information content (AvgIpc) is 3.35. The summed E-state index contributed by atoms with van der Waals surface area (Å²) in [6.07, 6.45) is 69.2. The fraction of sp³-hybridized carbons (Fsp3) is 0.984. The molecule has 5 N–H and O–H groups in total. The number of nitrogens with one attached hydrogen (secondary N) is 1. The van der Waals surface area contributed by atoms with Gasteiger partial charge in [-0.25, -0.2) is 0 Å². The van der Waals surface area contributed by atoms with Crippen molar-refractivity contribution >= 4 is 5.91 Å². The smallest absolute Gasteiger partial charge is 0.249 e. The summed E-state index contributed by atoms with van der Waals surface area (Å²) in [6, 6.07) is -0.981. The lowest BCUT2D eigenvalue weighted by Gasteiger charge is -2.27. The molecule has 4 unspecified atom stereocenters. The van der Waals surface area contributed by atoms with Crippen molar-refractivity contribution in [3.05, 3.63) is 0 Å². The molecule has 0 aliphatic rings. The summed E-state index contributed by atoms with van der Waals surface area (Å²) < 4.78 is 0. The number of hydrogen-bond donors (Lipinski definition) is 5. The van der Waals surface area contributed by atoms with Crippen LogP contribution in [0, 0.1) is 0 Å². The molecule has 0 radical (unpaired) electrons. The normalized spacial score (nSPS) is 13.5. The van der Waals surface area contributed by atoms with Gasteiger partial charge in [-0.3, -0.25) is 4.79 Å². The van der Waals surface area contributed by atoms with Gasteiger partial charge in [-0.1, -0.05) is 354 Å². The lowest BCUT2D eigenvalue weighted by molar-refractivity contribution is -0.132. The Morgan fingerprint density at radius 3 is 0.696 bits per heavy atom. The summed E-state index contributed by atoms with van der Waals surface area (Å²) in [5.41, 5.74) is 0. The van der Waals surface area contributed by atoms with E-state index in [2.05, 4.69) is 19.2 Å². The van der Waals surface area contributed by atoms with Crippen molar-refractivity contribution < 1.29 is 25.2 Å². The lowest BCUT2D eigenvalue weighted by Crippen LogP contribution is -2.53. The molecule has 0 rings (SSSR count). The van der Waals surface area contributed by atoms with Crippen LogP contribution in [-0.2, 0) is 4.79 Å². The van der Waals surface area contributed by atoms with Gasteiger partial charge in [0.05, 0.1) is 18.8 Å². The van der Waals surface area contributed by atoms with E-state index >= 15 is 0 Å². The monoisotopic (exact) mass is 978 g/mol. The molecule has 414 valence electrons. The predicted molar refractivity (Wildman–Crippen MR) is 302 cm³/mol. The number of rotatable bonds is 60. The Bertz CT molecular complexity index is 964. The topological polar surface area (TPSA) is 110 Å². The van der Waals surface area contributed by atoms with Crippen LogP contribution >= 0.6 is 0 Å². The van der Waals surface area contributed by atoms with Crippen molar-refractivity contribution in [2.24, 2.45) is 0 Å². The summed E-state index contributed by atoms with van der Waals surface area (Å²) in [5.74, 6) is -0.574. The highest BCUT2D eigenvalue weighted by Gasteiger charge is 2.28. The largest absolute Gasteiger partial charge is 0.394 e. The molecule has 0 aliphatic carbocycles. The van der Waals surface area contributed by atoms with E-state index in [-0.39, 0.29) is 0 Å². The van der Waals surface area contributed by atoms with Gasteiger partial charge in [0, 0.05) is 0 Å². The van der Waals surface area contributed by atoms with E-state index in [1.54, 1.807) is 0 Å². The molecule has 69 heavy (non-hydrogen) atoms. The second kappa shape index (κ2) is 58.2. The number of amides is 1. The van der Waals surface area contributed by atoms with Crippen molar-refractivity contribution in [2.75, 3.05) is 6.61 Å². The molecule has 0 aromatic rings. The number of aliphatic hydroxyl groups excluding tert-OH is 4. The summed E-state index contributed by atoms with van der Waals surface area (Å²) in [5, 5.41) is 44.2. The van der Waals surface area contributed by atoms with Gasteiger partial charge in [0.1, 0.15) is 12.2 Å². The first kappa shape index (κ1) is 68.3. The van der Waals surface area contributed by atoms with Gasteiger partial charge in [0.2, 0.25) is 5.91 Å². The Hall–Kier alpha value is -0.690. The van der Waals surface area contributed by atoms with E-state index in [9.17, 15) is 25.2 Å². The zero-order valence-electron chi connectivity index (χ0n) is 47.1. The van der Waals surface area contributed by atoms with Crippen LogP contribution in [0.25, 0.3) is 0 Å². The lowest BCUT2D eigenvalue weighted by atomic mass is 9.99. The van der Waals surface area contributed by atoms with Crippen molar-refractivity contribution in [2.45, 2.75) is 391 Å². The molecular formula is C63H127NO5. The molecule has 0 aromatic heterocycles. The van der Waals surface area contributed by atoms with Crippen molar-refractivity contribution in [1.29, 1.82) is 0 Å². The van der Waals surface area contributed by atoms with Crippen LogP contribution in [0.3, 0.4) is 0 Å². The van der Waals surface area contributed by atoms with E-state index < -0.39 is 36.9 Å². The Morgan fingerprint density at radius 2 is 0.493 bits per heavy atom. The fourth-order valence-corrected chi connectivity index (χ4v) is 10.6. The minimum atomic E-state index is -1.26. The number of carbonyl (C=O) groups is 1. The highest BCUT2D eigenvalue weighted by Crippen LogP contribution is 2.20. The first-order valence-corrected chi connectivity index (χ1v) is 31.9. The number of unbranched alkanes of at least 4 members (excludes halogenated alkanes) is 51. The van der Waals surface area contributed by atoms with Crippen molar-refractivity contribution in [1.82, 2.24) is 5.32 Å². The molecule has 0 aromatic carbocycles. The maximum atomic E-state index is 12.6. The van der Waals surface area contributed by atoms with Gasteiger partial charge in [-0.05, 0) is 12.8 Å². The molecule has 4 atom stereocenters. The van der Waals surface area contributed by atoms with Crippen molar-refractivity contribution in [3.8, 4) is 0 Å². The van der Waals surface area contributed by atoms with Crippen LogP contribution in [0.1, 0.15) is 367 Å². The van der Waals surface area contributed by atoms with Crippen LogP contribution in [0.2, 0.25) is 0 Å².